The zero-order chi connectivity index (χ0) is 29.0. The summed E-state index contributed by atoms with van der Waals surface area (Å²) >= 11 is 0. The molecule has 11 nitrogen and oxygen atoms in total. The summed E-state index contributed by atoms with van der Waals surface area (Å²) in [5, 5.41) is 26.2. The van der Waals surface area contributed by atoms with Gasteiger partial charge in [-0.2, -0.15) is 0 Å². The molecule has 1 amide bonds. The Hall–Kier alpha value is -3.15. The van der Waals surface area contributed by atoms with Gasteiger partial charge >= 0.3 is 0 Å². The molecule has 1 aromatic carbocycles. The summed E-state index contributed by atoms with van der Waals surface area (Å²) in [6.45, 7) is 3.10. The number of nitrogens with zero attached hydrogens (tertiary/aromatic N) is 2. The molecule has 2 saturated carbocycles. The fourth-order valence-corrected chi connectivity index (χ4v) is 6.77. The van der Waals surface area contributed by atoms with Gasteiger partial charge in [-0.15, -0.1) is 0 Å². The molecule has 39 heavy (non-hydrogen) atoms. The van der Waals surface area contributed by atoms with E-state index in [2.05, 4.69) is 12.2 Å². The standard InChI is InChI=1S/C28H38N4O7/c1-6-7-8-30-12-14-11-17(31(2)3)15-9-13-10-16-21(32(4)5)24(35)20(27(29)38)26(37)28(16,39)25(36)18(13)23(34)19(15)22(14)33/h11,13,16,18,20-21,30,33,39H,6-10,12H2,1-5H3,(H2,29,38)/t13-,16-,18?,20?,21-,28-/m0/s1. The second-order valence-electron chi connectivity index (χ2n) is 11.5. The number of amides is 1. The zero-order valence-electron chi connectivity index (χ0n) is 23.1. The van der Waals surface area contributed by atoms with E-state index in [4.69, 9.17) is 5.73 Å². The molecule has 0 saturated heterocycles. The molecule has 0 spiro atoms. The third kappa shape index (κ3) is 4.36. The number of anilines is 1. The number of ketones is 4. The van der Waals surface area contributed by atoms with Crippen molar-refractivity contribution < 1.29 is 34.2 Å². The van der Waals surface area contributed by atoms with E-state index in [1.807, 2.05) is 25.1 Å². The number of aliphatic hydroxyl groups is 1. The van der Waals surface area contributed by atoms with Crippen molar-refractivity contribution in [1.82, 2.24) is 10.2 Å². The fraction of sp³-hybridized carbons (Fsp3) is 0.607. The van der Waals surface area contributed by atoms with Gasteiger partial charge < -0.3 is 26.2 Å². The normalized spacial score (nSPS) is 30.2. The second kappa shape index (κ2) is 10.4. The Morgan fingerprint density at radius 2 is 1.82 bits per heavy atom. The summed E-state index contributed by atoms with van der Waals surface area (Å²) in [4.78, 5) is 70.0. The Kier molecular flexibility index (Phi) is 7.72. The van der Waals surface area contributed by atoms with E-state index in [1.54, 1.807) is 14.1 Å². The number of phenolic OH excluding ortho intramolecular Hbond substituents is 1. The Balaban J connectivity index is 1.83. The lowest BCUT2D eigenvalue weighted by Crippen LogP contribution is -2.74. The molecular formula is C28H38N4O7. The van der Waals surface area contributed by atoms with Crippen LogP contribution in [0.25, 0.3) is 0 Å². The number of nitrogens with one attached hydrogen (secondary N) is 1. The number of carbonyl (C=O) groups excluding carboxylic acids is 5. The number of benzene rings is 1. The minimum atomic E-state index is -2.73. The molecule has 0 heterocycles. The van der Waals surface area contributed by atoms with Crippen LogP contribution in [-0.2, 0) is 32.1 Å². The fourth-order valence-electron chi connectivity index (χ4n) is 6.77. The largest absolute Gasteiger partial charge is 0.507 e. The first kappa shape index (κ1) is 28.8. The minimum absolute atomic E-state index is 0.0140. The molecule has 11 heteroatoms. The van der Waals surface area contributed by atoms with Crippen LogP contribution in [0.5, 0.6) is 5.75 Å². The Bertz CT molecular complexity index is 1240. The monoisotopic (exact) mass is 542 g/mol. The molecule has 2 unspecified atom stereocenters. The molecule has 6 atom stereocenters. The maximum Gasteiger partial charge on any atom is 0.235 e. The number of rotatable bonds is 8. The highest BCUT2D eigenvalue weighted by molar-refractivity contribution is 6.32. The van der Waals surface area contributed by atoms with Gasteiger partial charge in [0, 0.05) is 37.8 Å². The van der Waals surface area contributed by atoms with E-state index in [0.717, 1.165) is 25.1 Å². The first-order chi connectivity index (χ1) is 18.3. The van der Waals surface area contributed by atoms with Crippen LogP contribution in [0.2, 0.25) is 0 Å². The van der Waals surface area contributed by atoms with Gasteiger partial charge in [-0.25, -0.2) is 0 Å². The second-order valence-corrected chi connectivity index (χ2v) is 11.5. The quantitative estimate of drug-likeness (QED) is 0.255. The Morgan fingerprint density at radius 3 is 2.38 bits per heavy atom. The van der Waals surface area contributed by atoms with Gasteiger partial charge in [0.15, 0.2) is 34.7 Å². The molecule has 0 aromatic heterocycles. The molecule has 5 N–H and O–H groups in total. The van der Waals surface area contributed by atoms with Gasteiger partial charge in [-0.05, 0) is 57.5 Å². The van der Waals surface area contributed by atoms with Gasteiger partial charge in [0.05, 0.1) is 17.5 Å². The van der Waals surface area contributed by atoms with Crippen LogP contribution < -0.4 is 16.0 Å². The molecule has 212 valence electrons. The third-order valence-electron chi connectivity index (χ3n) is 8.62. The number of hydrogen-bond acceptors (Lipinski definition) is 10. The summed E-state index contributed by atoms with van der Waals surface area (Å²) in [6, 6.07) is 0.708. The van der Waals surface area contributed by atoms with Crippen LogP contribution in [0.4, 0.5) is 5.69 Å². The van der Waals surface area contributed by atoms with Crippen LogP contribution in [0.3, 0.4) is 0 Å². The van der Waals surface area contributed by atoms with Crippen molar-refractivity contribution in [1.29, 1.82) is 0 Å². The topological polar surface area (TPSA) is 170 Å². The van der Waals surface area contributed by atoms with E-state index in [9.17, 15) is 34.2 Å². The maximum absolute atomic E-state index is 14.0. The average Bonchev–Trinajstić information content (AvgIpc) is 2.84. The summed E-state index contributed by atoms with van der Waals surface area (Å²) in [5.74, 6) is -10.3. The highest BCUT2D eigenvalue weighted by Crippen LogP contribution is 2.52. The zero-order valence-corrected chi connectivity index (χ0v) is 23.1. The molecule has 2 fully saturated rings. The van der Waals surface area contributed by atoms with Crippen molar-refractivity contribution in [2.75, 3.05) is 39.6 Å². The van der Waals surface area contributed by atoms with Crippen LogP contribution in [0.15, 0.2) is 6.07 Å². The van der Waals surface area contributed by atoms with Crippen molar-refractivity contribution in [3.63, 3.8) is 0 Å². The number of likely N-dealkylation sites (N-methyl/N-ethyl adjacent to an activating group) is 1. The number of nitrogens with two attached hydrogens (primary N) is 1. The Labute approximate surface area is 227 Å². The summed E-state index contributed by atoms with van der Waals surface area (Å²) in [7, 11) is 6.78. The van der Waals surface area contributed by atoms with Gasteiger partial charge in [-0.3, -0.25) is 28.9 Å². The molecule has 3 aliphatic rings. The molecule has 3 aliphatic carbocycles. The average molecular weight is 543 g/mol. The lowest BCUT2D eigenvalue weighted by atomic mass is 9.52. The number of carbonyl (C=O) groups is 5. The van der Waals surface area contributed by atoms with Crippen molar-refractivity contribution >= 4 is 34.7 Å². The molecule has 4 rings (SSSR count). The lowest BCUT2D eigenvalue weighted by molar-refractivity contribution is -0.181. The van der Waals surface area contributed by atoms with E-state index in [0.29, 0.717) is 17.7 Å². The smallest absolute Gasteiger partial charge is 0.235 e. The number of aromatic hydroxyl groups is 1. The number of phenols is 1. The van der Waals surface area contributed by atoms with E-state index >= 15 is 0 Å². The van der Waals surface area contributed by atoms with Crippen LogP contribution >= 0.6 is 0 Å². The number of primary amides is 1. The van der Waals surface area contributed by atoms with Gasteiger partial charge in [0.2, 0.25) is 5.91 Å². The van der Waals surface area contributed by atoms with Gasteiger partial charge in [-0.1, -0.05) is 13.3 Å². The molecule has 1 aromatic rings. The van der Waals surface area contributed by atoms with E-state index in [-0.39, 0.29) is 24.2 Å². The van der Waals surface area contributed by atoms with E-state index < -0.39 is 64.4 Å². The number of unbranched alkanes of at least 4 members (excludes halogenated alkanes) is 1. The first-order valence-corrected chi connectivity index (χ1v) is 13.4. The number of Topliss-reactive ketones (excluding diaryl/α,β-unsaturated/α-hetero) is 4. The van der Waals surface area contributed by atoms with Crippen molar-refractivity contribution in [3.8, 4) is 5.75 Å². The molecular weight excluding hydrogens is 504 g/mol. The van der Waals surface area contributed by atoms with Gasteiger partial charge in [0.25, 0.3) is 0 Å². The predicted molar refractivity (Wildman–Crippen MR) is 142 cm³/mol. The van der Waals surface area contributed by atoms with Crippen LogP contribution in [0, 0.1) is 23.7 Å². The number of fused-ring (bicyclic) bond motifs is 3. The van der Waals surface area contributed by atoms with Crippen molar-refractivity contribution in [3.05, 3.63) is 22.8 Å². The van der Waals surface area contributed by atoms with Gasteiger partial charge in [0.1, 0.15) is 5.75 Å². The highest BCUT2D eigenvalue weighted by Gasteiger charge is 2.69. The molecule has 0 radical (unpaired) electrons. The van der Waals surface area contributed by atoms with E-state index in [1.165, 1.54) is 4.90 Å². The summed E-state index contributed by atoms with van der Waals surface area (Å²) < 4.78 is 0. The van der Waals surface area contributed by atoms with Crippen LogP contribution in [0.1, 0.15) is 47.7 Å². The highest BCUT2D eigenvalue weighted by atomic mass is 16.3. The maximum atomic E-state index is 14.0. The third-order valence-corrected chi connectivity index (χ3v) is 8.62. The van der Waals surface area contributed by atoms with Crippen LogP contribution in [-0.4, -0.2) is 90.5 Å². The molecule has 0 aliphatic heterocycles. The summed E-state index contributed by atoms with van der Waals surface area (Å²) in [6.07, 6.45) is 2.20. The molecule has 0 bridgehead atoms. The lowest BCUT2D eigenvalue weighted by Gasteiger charge is -2.52. The summed E-state index contributed by atoms with van der Waals surface area (Å²) in [5.41, 5.74) is 4.47. The first-order valence-electron chi connectivity index (χ1n) is 13.4. The van der Waals surface area contributed by atoms with Crippen molar-refractivity contribution in [2.45, 2.75) is 50.8 Å². The SMILES string of the molecule is CCCCNCc1cc(N(C)C)c2c(c1O)C(=O)C1C(=O)[C@]3(O)C(=O)C(C(N)=O)C(=O)[C@@H](N(C)C)[C@@H]3C[C@@H]1C2. The Morgan fingerprint density at radius 1 is 1.15 bits per heavy atom. The predicted octanol–water partition coefficient (Wildman–Crippen LogP) is -0.177. The number of hydrogen-bond donors (Lipinski definition) is 4. The van der Waals surface area contributed by atoms with Crippen molar-refractivity contribution in [2.24, 2.45) is 29.4 Å². The minimum Gasteiger partial charge on any atom is -0.507 e.